The summed E-state index contributed by atoms with van der Waals surface area (Å²) in [6.45, 7) is 1.71. The molecule has 2 aromatic heterocycles. The van der Waals surface area contributed by atoms with Crippen LogP contribution in [0.4, 0.5) is 5.13 Å². The van der Waals surface area contributed by atoms with E-state index >= 15 is 0 Å². The molecule has 23 heavy (non-hydrogen) atoms. The first kappa shape index (κ1) is 15.2. The van der Waals surface area contributed by atoms with Gasteiger partial charge in [-0.25, -0.2) is 0 Å². The van der Waals surface area contributed by atoms with Gasteiger partial charge in [0.15, 0.2) is 0 Å². The first-order valence-corrected chi connectivity index (χ1v) is 7.66. The van der Waals surface area contributed by atoms with Gasteiger partial charge < -0.3 is 9.30 Å². The van der Waals surface area contributed by atoms with E-state index in [1.165, 1.54) is 15.9 Å². The van der Waals surface area contributed by atoms with Gasteiger partial charge in [0.25, 0.3) is 5.56 Å². The van der Waals surface area contributed by atoms with Gasteiger partial charge in [0.1, 0.15) is 17.3 Å². The lowest BCUT2D eigenvalue weighted by Gasteiger charge is -2.09. The Morgan fingerprint density at radius 3 is 2.83 bits per heavy atom. The van der Waals surface area contributed by atoms with Crippen LogP contribution in [0.3, 0.4) is 0 Å². The number of hydrogen-bond acceptors (Lipinski definition) is 6. The third-order valence-electron chi connectivity index (χ3n) is 3.28. The fourth-order valence-corrected chi connectivity index (χ4v) is 2.86. The lowest BCUT2D eigenvalue weighted by molar-refractivity contribution is -0.116. The lowest BCUT2D eigenvalue weighted by Crippen LogP contribution is -2.27. The first-order valence-electron chi connectivity index (χ1n) is 6.84. The molecule has 2 heterocycles. The fourth-order valence-electron chi connectivity index (χ4n) is 2.25. The van der Waals surface area contributed by atoms with Crippen LogP contribution in [0.1, 0.15) is 5.01 Å². The third-order valence-corrected chi connectivity index (χ3v) is 4.04. The number of methoxy groups -OCH3 is 1. The van der Waals surface area contributed by atoms with Crippen molar-refractivity contribution in [3.8, 4) is 5.75 Å². The third kappa shape index (κ3) is 3.07. The van der Waals surface area contributed by atoms with E-state index in [2.05, 4.69) is 15.5 Å². The summed E-state index contributed by atoms with van der Waals surface area (Å²) in [6.07, 6.45) is 1.58. The second kappa shape index (κ2) is 6.17. The number of ether oxygens (including phenoxy) is 1. The van der Waals surface area contributed by atoms with Crippen LogP contribution >= 0.6 is 11.3 Å². The van der Waals surface area contributed by atoms with Crippen molar-refractivity contribution in [3.05, 3.63) is 45.8 Å². The van der Waals surface area contributed by atoms with Crippen molar-refractivity contribution in [1.29, 1.82) is 0 Å². The topological polar surface area (TPSA) is 86.1 Å². The normalized spacial score (nSPS) is 10.7. The number of rotatable bonds is 4. The monoisotopic (exact) mass is 330 g/mol. The Bertz CT molecular complexity index is 932. The molecule has 0 fully saturated rings. The second-order valence-corrected chi connectivity index (χ2v) is 6.03. The van der Waals surface area contributed by atoms with Crippen LogP contribution in [0, 0.1) is 6.92 Å². The molecule has 1 N–H and O–H groups in total. The summed E-state index contributed by atoms with van der Waals surface area (Å²) in [6, 6.07) is 7.01. The van der Waals surface area contributed by atoms with E-state index in [0.717, 1.165) is 10.4 Å². The number of benzene rings is 1. The van der Waals surface area contributed by atoms with Gasteiger partial charge in [0, 0.05) is 11.6 Å². The molecule has 1 amide bonds. The largest absolute Gasteiger partial charge is 0.496 e. The SMILES string of the molecule is COc1cccc2c(=O)n(CC(=O)Nc3nnc(C)s3)ccc12. The molecule has 0 unspecified atom stereocenters. The smallest absolute Gasteiger partial charge is 0.259 e. The number of fused-ring (bicyclic) bond motifs is 1. The van der Waals surface area contributed by atoms with Gasteiger partial charge in [-0.15, -0.1) is 10.2 Å². The van der Waals surface area contributed by atoms with Crippen molar-refractivity contribution < 1.29 is 9.53 Å². The zero-order chi connectivity index (χ0) is 16.4. The number of nitrogens with zero attached hydrogens (tertiary/aromatic N) is 3. The Morgan fingerprint density at radius 2 is 2.13 bits per heavy atom. The Morgan fingerprint density at radius 1 is 1.30 bits per heavy atom. The highest BCUT2D eigenvalue weighted by Crippen LogP contribution is 2.22. The second-order valence-electron chi connectivity index (χ2n) is 4.84. The molecule has 1 aromatic carbocycles. The number of amides is 1. The molecule has 0 bridgehead atoms. The Labute approximate surface area is 135 Å². The van der Waals surface area contributed by atoms with E-state index in [-0.39, 0.29) is 18.0 Å². The number of anilines is 1. The quantitative estimate of drug-likeness (QED) is 0.788. The van der Waals surface area contributed by atoms with E-state index < -0.39 is 0 Å². The standard InChI is InChI=1S/C15H14N4O3S/c1-9-17-18-15(23-9)16-13(20)8-19-7-6-10-11(14(19)21)4-3-5-12(10)22-2/h3-7H,8H2,1-2H3,(H,16,18,20). The van der Waals surface area contributed by atoms with Gasteiger partial charge >= 0.3 is 0 Å². The number of pyridine rings is 1. The fraction of sp³-hybridized carbons (Fsp3) is 0.200. The molecular weight excluding hydrogens is 316 g/mol. The highest BCUT2D eigenvalue weighted by atomic mass is 32.1. The van der Waals surface area contributed by atoms with Crippen molar-refractivity contribution in [2.24, 2.45) is 0 Å². The van der Waals surface area contributed by atoms with Crippen molar-refractivity contribution in [2.45, 2.75) is 13.5 Å². The summed E-state index contributed by atoms with van der Waals surface area (Å²) < 4.78 is 6.60. The summed E-state index contributed by atoms with van der Waals surface area (Å²) in [4.78, 5) is 24.5. The van der Waals surface area contributed by atoms with Gasteiger partial charge in [0.05, 0.1) is 12.5 Å². The maximum Gasteiger partial charge on any atom is 0.259 e. The minimum atomic E-state index is -0.328. The zero-order valence-corrected chi connectivity index (χ0v) is 13.4. The van der Waals surface area contributed by atoms with Gasteiger partial charge in [-0.1, -0.05) is 17.4 Å². The molecule has 3 aromatic rings. The van der Waals surface area contributed by atoms with Crippen molar-refractivity contribution >= 4 is 33.1 Å². The summed E-state index contributed by atoms with van der Waals surface area (Å²) in [5.74, 6) is 0.297. The summed E-state index contributed by atoms with van der Waals surface area (Å²) in [7, 11) is 1.55. The Kier molecular flexibility index (Phi) is 4.07. The molecule has 0 spiro atoms. The molecule has 7 nitrogen and oxygen atoms in total. The van der Waals surface area contributed by atoms with Gasteiger partial charge in [0.2, 0.25) is 11.0 Å². The zero-order valence-electron chi connectivity index (χ0n) is 12.6. The number of aryl methyl sites for hydroxylation is 1. The highest BCUT2D eigenvalue weighted by Gasteiger charge is 2.11. The van der Waals surface area contributed by atoms with Crippen LogP contribution in [0.25, 0.3) is 10.8 Å². The maximum atomic E-state index is 12.5. The van der Waals surface area contributed by atoms with E-state index in [1.807, 2.05) is 0 Å². The Hall–Kier alpha value is -2.74. The first-order chi connectivity index (χ1) is 11.1. The number of aromatic nitrogens is 3. The Balaban J connectivity index is 1.87. The molecule has 0 aliphatic heterocycles. The molecule has 0 aliphatic rings. The van der Waals surface area contributed by atoms with E-state index in [0.29, 0.717) is 16.3 Å². The molecule has 0 atom stereocenters. The molecule has 0 radical (unpaired) electrons. The molecule has 3 rings (SSSR count). The van der Waals surface area contributed by atoms with Gasteiger partial charge in [-0.2, -0.15) is 0 Å². The van der Waals surface area contributed by atoms with Crippen LogP contribution in [0.5, 0.6) is 5.75 Å². The highest BCUT2D eigenvalue weighted by molar-refractivity contribution is 7.15. The van der Waals surface area contributed by atoms with E-state index in [1.54, 1.807) is 44.5 Å². The minimum Gasteiger partial charge on any atom is -0.496 e. The van der Waals surface area contributed by atoms with Gasteiger partial charge in [-0.05, 0) is 25.1 Å². The maximum absolute atomic E-state index is 12.5. The number of carbonyl (C=O) groups excluding carboxylic acids is 1. The van der Waals surface area contributed by atoms with E-state index in [9.17, 15) is 9.59 Å². The van der Waals surface area contributed by atoms with Crippen molar-refractivity contribution in [3.63, 3.8) is 0 Å². The summed E-state index contributed by atoms with van der Waals surface area (Å²) >= 11 is 1.28. The van der Waals surface area contributed by atoms with Gasteiger partial charge in [-0.3, -0.25) is 14.9 Å². The van der Waals surface area contributed by atoms with E-state index in [4.69, 9.17) is 4.74 Å². The number of nitrogens with one attached hydrogen (secondary N) is 1. The molecule has 0 saturated carbocycles. The predicted octanol–water partition coefficient (Wildman–Crippen LogP) is 1.81. The van der Waals surface area contributed by atoms with Crippen LogP contribution < -0.4 is 15.6 Å². The summed E-state index contributed by atoms with van der Waals surface area (Å²) in [5, 5.41) is 12.7. The molecular formula is C15H14N4O3S. The number of hydrogen-bond donors (Lipinski definition) is 1. The van der Waals surface area contributed by atoms with Crippen LogP contribution in [-0.4, -0.2) is 27.8 Å². The molecule has 0 aliphatic carbocycles. The molecule has 0 saturated heterocycles. The summed E-state index contributed by atoms with van der Waals surface area (Å²) in [5.41, 5.74) is -0.245. The minimum absolute atomic E-state index is 0.0926. The number of carbonyl (C=O) groups is 1. The van der Waals surface area contributed by atoms with Crippen molar-refractivity contribution in [1.82, 2.24) is 14.8 Å². The van der Waals surface area contributed by atoms with Crippen LogP contribution in [0.2, 0.25) is 0 Å². The average molecular weight is 330 g/mol. The average Bonchev–Trinajstić information content (AvgIpc) is 2.94. The lowest BCUT2D eigenvalue weighted by atomic mass is 10.1. The molecule has 118 valence electrons. The van der Waals surface area contributed by atoms with Crippen LogP contribution in [-0.2, 0) is 11.3 Å². The molecule has 8 heteroatoms. The predicted molar refractivity (Wildman–Crippen MR) is 88.0 cm³/mol. The van der Waals surface area contributed by atoms with Crippen molar-refractivity contribution in [2.75, 3.05) is 12.4 Å². The van der Waals surface area contributed by atoms with Crippen LogP contribution in [0.15, 0.2) is 35.3 Å².